The summed E-state index contributed by atoms with van der Waals surface area (Å²) < 4.78 is 11.3. The lowest BCUT2D eigenvalue weighted by Crippen LogP contribution is -2.23. The zero-order valence-electron chi connectivity index (χ0n) is 16.6. The van der Waals surface area contributed by atoms with E-state index in [1.807, 2.05) is 51.1 Å². The highest BCUT2D eigenvalue weighted by molar-refractivity contribution is 6.01. The minimum Gasteiger partial charge on any atom is -0.490 e. The fourth-order valence-electron chi connectivity index (χ4n) is 2.51. The van der Waals surface area contributed by atoms with Gasteiger partial charge in [0.1, 0.15) is 11.6 Å². The van der Waals surface area contributed by atoms with E-state index in [0.29, 0.717) is 36.8 Å². The highest BCUT2D eigenvalue weighted by Crippen LogP contribution is 2.29. The van der Waals surface area contributed by atoms with E-state index in [9.17, 15) is 10.1 Å². The normalized spacial score (nSPS) is 10.9. The van der Waals surface area contributed by atoms with Gasteiger partial charge in [0, 0.05) is 6.54 Å². The molecule has 0 radical (unpaired) electrons. The maximum Gasteiger partial charge on any atom is 0.262 e. The number of amides is 1. The van der Waals surface area contributed by atoms with Crippen molar-refractivity contribution in [3.8, 4) is 17.6 Å². The van der Waals surface area contributed by atoms with Crippen molar-refractivity contribution in [1.29, 1.82) is 5.26 Å². The topological polar surface area (TPSA) is 71.3 Å². The first-order valence-corrected chi connectivity index (χ1v) is 9.42. The molecular formula is C23H26N2O3. The van der Waals surface area contributed by atoms with E-state index >= 15 is 0 Å². The van der Waals surface area contributed by atoms with Crippen molar-refractivity contribution in [3.05, 3.63) is 64.7 Å². The molecular weight excluding hydrogens is 352 g/mol. The van der Waals surface area contributed by atoms with Gasteiger partial charge in [0.25, 0.3) is 5.91 Å². The van der Waals surface area contributed by atoms with Crippen molar-refractivity contribution in [2.75, 3.05) is 13.2 Å². The Balaban J connectivity index is 2.13. The number of benzene rings is 2. The number of hydrogen-bond donors (Lipinski definition) is 1. The number of hydrogen-bond acceptors (Lipinski definition) is 4. The summed E-state index contributed by atoms with van der Waals surface area (Å²) in [4.78, 5) is 12.4. The zero-order chi connectivity index (χ0) is 20.4. The first-order valence-electron chi connectivity index (χ1n) is 9.42. The molecule has 0 atom stereocenters. The summed E-state index contributed by atoms with van der Waals surface area (Å²) in [5, 5.41) is 12.2. The van der Waals surface area contributed by atoms with Gasteiger partial charge in [-0.2, -0.15) is 5.26 Å². The largest absolute Gasteiger partial charge is 0.490 e. The fraction of sp³-hybridized carbons (Fsp3) is 0.304. The van der Waals surface area contributed by atoms with Crippen molar-refractivity contribution in [1.82, 2.24) is 5.32 Å². The van der Waals surface area contributed by atoms with Gasteiger partial charge in [0.2, 0.25) is 0 Å². The van der Waals surface area contributed by atoms with E-state index in [1.54, 1.807) is 24.3 Å². The van der Waals surface area contributed by atoms with Crippen LogP contribution in [0.25, 0.3) is 6.08 Å². The third kappa shape index (κ3) is 6.17. The van der Waals surface area contributed by atoms with Crippen LogP contribution in [0.4, 0.5) is 0 Å². The van der Waals surface area contributed by atoms with E-state index in [1.165, 1.54) is 0 Å². The van der Waals surface area contributed by atoms with Crippen LogP contribution in [0.5, 0.6) is 11.5 Å². The Bertz CT molecular complexity index is 864. The van der Waals surface area contributed by atoms with Gasteiger partial charge in [-0.25, -0.2) is 0 Å². The molecule has 0 spiro atoms. The number of carbonyl (C=O) groups excluding carboxylic acids is 1. The smallest absolute Gasteiger partial charge is 0.262 e. The Morgan fingerprint density at radius 2 is 1.86 bits per heavy atom. The first-order chi connectivity index (χ1) is 13.6. The minimum atomic E-state index is -0.410. The van der Waals surface area contributed by atoms with Crippen molar-refractivity contribution in [2.24, 2.45) is 0 Å². The Kier molecular flexibility index (Phi) is 8.11. The van der Waals surface area contributed by atoms with E-state index < -0.39 is 5.91 Å². The van der Waals surface area contributed by atoms with Crippen LogP contribution in [0.15, 0.2) is 48.0 Å². The lowest BCUT2D eigenvalue weighted by atomic mass is 10.1. The van der Waals surface area contributed by atoms with E-state index in [4.69, 9.17) is 9.47 Å². The average molecular weight is 378 g/mol. The van der Waals surface area contributed by atoms with Crippen LogP contribution in [0, 0.1) is 18.3 Å². The number of nitrogens with one attached hydrogen (secondary N) is 1. The van der Waals surface area contributed by atoms with Crippen LogP contribution < -0.4 is 14.8 Å². The molecule has 0 aromatic heterocycles. The van der Waals surface area contributed by atoms with Crippen LogP contribution in [0.1, 0.15) is 37.0 Å². The first kappa shape index (κ1) is 21.0. The summed E-state index contributed by atoms with van der Waals surface area (Å²) in [6, 6.07) is 15.2. The van der Waals surface area contributed by atoms with Gasteiger partial charge >= 0.3 is 0 Å². The Labute approximate surface area is 166 Å². The van der Waals surface area contributed by atoms with Crippen LogP contribution in [-0.4, -0.2) is 19.1 Å². The molecule has 0 saturated heterocycles. The van der Waals surface area contributed by atoms with Crippen molar-refractivity contribution in [3.63, 3.8) is 0 Å². The van der Waals surface area contributed by atoms with Gasteiger partial charge in [-0.05, 0) is 49.6 Å². The average Bonchev–Trinajstić information content (AvgIpc) is 2.71. The van der Waals surface area contributed by atoms with Crippen LogP contribution >= 0.6 is 0 Å². The summed E-state index contributed by atoms with van der Waals surface area (Å²) in [6.07, 6.45) is 2.45. The minimum absolute atomic E-state index is 0.0387. The summed E-state index contributed by atoms with van der Waals surface area (Å²) in [5.41, 5.74) is 2.88. The Morgan fingerprint density at radius 3 is 2.50 bits per heavy atom. The SMILES string of the molecule is CCCOc1ccc(/C=C(/C#N)C(=O)NCc2ccc(C)cc2)cc1OCC. The molecule has 0 unspecified atom stereocenters. The maximum absolute atomic E-state index is 12.4. The number of carbonyl (C=O) groups is 1. The number of nitriles is 1. The van der Waals surface area contributed by atoms with Gasteiger partial charge in [0.05, 0.1) is 13.2 Å². The van der Waals surface area contributed by atoms with E-state index in [0.717, 1.165) is 17.5 Å². The molecule has 0 heterocycles. The zero-order valence-corrected chi connectivity index (χ0v) is 16.6. The van der Waals surface area contributed by atoms with E-state index in [2.05, 4.69) is 5.32 Å². The molecule has 0 bridgehead atoms. The van der Waals surface area contributed by atoms with Gasteiger partial charge < -0.3 is 14.8 Å². The fourth-order valence-corrected chi connectivity index (χ4v) is 2.51. The quantitative estimate of drug-likeness (QED) is 0.518. The third-order valence-electron chi connectivity index (χ3n) is 3.98. The maximum atomic E-state index is 12.4. The summed E-state index contributed by atoms with van der Waals surface area (Å²) in [5.74, 6) is 0.845. The second kappa shape index (κ2) is 10.8. The second-order valence-electron chi connectivity index (χ2n) is 6.33. The molecule has 146 valence electrons. The molecule has 0 aliphatic carbocycles. The van der Waals surface area contributed by atoms with Gasteiger partial charge in [-0.3, -0.25) is 4.79 Å². The lowest BCUT2D eigenvalue weighted by Gasteiger charge is -2.12. The molecule has 0 saturated carbocycles. The number of rotatable bonds is 9. The number of nitrogens with zero attached hydrogens (tertiary/aromatic N) is 1. The molecule has 0 aliphatic heterocycles. The summed E-state index contributed by atoms with van der Waals surface area (Å²) >= 11 is 0. The molecule has 5 heteroatoms. The molecule has 0 fully saturated rings. The Morgan fingerprint density at radius 1 is 1.11 bits per heavy atom. The monoisotopic (exact) mass is 378 g/mol. The third-order valence-corrected chi connectivity index (χ3v) is 3.98. The van der Waals surface area contributed by atoms with Gasteiger partial charge in [-0.15, -0.1) is 0 Å². The predicted octanol–water partition coefficient (Wildman–Crippen LogP) is 4.41. The molecule has 1 amide bonds. The van der Waals surface area contributed by atoms with Crippen molar-refractivity contribution in [2.45, 2.75) is 33.7 Å². The van der Waals surface area contributed by atoms with E-state index in [-0.39, 0.29) is 5.57 Å². The lowest BCUT2D eigenvalue weighted by molar-refractivity contribution is -0.117. The number of ether oxygens (including phenoxy) is 2. The van der Waals surface area contributed by atoms with Gasteiger partial charge in [0.15, 0.2) is 11.5 Å². The predicted molar refractivity (Wildman–Crippen MR) is 110 cm³/mol. The molecule has 5 nitrogen and oxygen atoms in total. The molecule has 1 N–H and O–H groups in total. The highest BCUT2D eigenvalue weighted by atomic mass is 16.5. The second-order valence-corrected chi connectivity index (χ2v) is 6.33. The molecule has 2 aromatic rings. The molecule has 0 aliphatic rings. The molecule has 2 rings (SSSR count). The van der Waals surface area contributed by atoms with Crippen molar-refractivity contribution < 1.29 is 14.3 Å². The standard InChI is InChI=1S/C23H26N2O3/c1-4-12-28-21-11-10-19(14-22(21)27-5-2)13-20(15-24)23(26)25-16-18-8-6-17(3)7-9-18/h6-11,13-14H,4-5,12,16H2,1-3H3,(H,25,26)/b20-13-. The molecule has 2 aromatic carbocycles. The van der Waals surface area contributed by atoms with Crippen LogP contribution in [-0.2, 0) is 11.3 Å². The summed E-state index contributed by atoms with van der Waals surface area (Å²) in [7, 11) is 0. The Hall–Kier alpha value is -3.26. The van der Waals surface area contributed by atoms with Crippen LogP contribution in [0.3, 0.4) is 0 Å². The van der Waals surface area contributed by atoms with Crippen molar-refractivity contribution >= 4 is 12.0 Å². The highest BCUT2D eigenvalue weighted by Gasteiger charge is 2.11. The number of aryl methyl sites for hydroxylation is 1. The van der Waals surface area contributed by atoms with Gasteiger partial charge in [-0.1, -0.05) is 42.8 Å². The molecule has 28 heavy (non-hydrogen) atoms. The summed E-state index contributed by atoms with van der Waals surface area (Å²) in [6.45, 7) is 7.40. The van der Waals surface area contributed by atoms with Crippen LogP contribution in [0.2, 0.25) is 0 Å².